The molecule has 0 radical (unpaired) electrons. The molecule has 0 fully saturated rings. The summed E-state index contributed by atoms with van der Waals surface area (Å²) in [7, 11) is 0. The Morgan fingerprint density at radius 3 is 2.59 bits per heavy atom. The van der Waals surface area contributed by atoms with Crippen LogP contribution in [-0.4, -0.2) is 12.6 Å². The molecule has 2 heteroatoms. The maximum absolute atomic E-state index is 11.5. The zero-order valence-corrected chi connectivity index (χ0v) is 10.6. The lowest BCUT2D eigenvalue weighted by Crippen LogP contribution is -2.22. The lowest BCUT2D eigenvalue weighted by atomic mass is 9.81. The molecule has 2 nitrogen and oxygen atoms in total. The number of carbonyl (C=O) groups is 1. The highest BCUT2D eigenvalue weighted by molar-refractivity contribution is 5.70. The number of hydrogen-bond acceptors (Lipinski definition) is 2. The SMILES string of the molecule is C=C[C@](C)(CC(=O)OCC)Cc1ccccc1. The number of allylic oxidation sites excluding steroid dienone is 1. The van der Waals surface area contributed by atoms with Crippen LogP contribution < -0.4 is 0 Å². The number of carbonyl (C=O) groups excluding carboxylic acids is 1. The maximum atomic E-state index is 11.5. The third-order valence-corrected chi connectivity index (χ3v) is 2.80. The van der Waals surface area contributed by atoms with Gasteiger partial charge in [-0.05, 0) is 24.3 Å². The van der Waals surface area contributed by atoms with Crippen molar-refractivity contribution in [3.05, 3.63) is 48.6 Å². The predicted molar refractivity (Wildman–Crippen MR) is 69.7 cm³/mol. The van der Waals surface area contributed by atoms with Gasteiger partial charge in [-0.25, -0.2) is 0 Å². The van der Waals surface area contributed by atoms with Crippen molar-refractivity contribution in [2.45, 2.75) is 26.7 Å². The Balaban J connectivity index is 2.69. The molecule has 0 aliphatic heterocycles. The number of hydrogen-bond donors (Lipinski definition) is 0. The van der Waals surface area contributed by atoms with E-state index in [2.05, 4.69) is 18.7 Å². The molecule has 17 heavy (non-hydrogen) atoms. The minimum atomic E-state index is -0.242. The average Bonchev–Trinajstić information content (AvgIpc) is 2.30. The summed E-state index contributed by atoms with van der Waals surface area (Å²) in [5.74, 6) is -0.161. The van der Waals surface area contributed by atoms with E-state index in [4.69, 9.17) is 4.74 Å². The molecule has 0 spiro atoms. The van der Waals surface area contributed by atoms with Gasteiger partial charge in [-0.1, -0.05) is 43.3 Å². The smallest absolute Gasteiger partial charge is 0.306 e. The zero-order valence-electron chi connectivity index (χ0n) is 10.6. The largest absolute Gasteiger partial charge is 0.466 e. The summed E-state index contributed by atoms with van der Waals surface area (Å²) >= 11 is 0. The highest BCUT2D eigenvalue weighted by Gasteiger charge is 2.25. The third kappa shape index (κ3) is 4.43. The number of esters is 1. The molecule has 92 valence electrons. The molecule has 0 aliphatic rings. The fourth-order valence-electron chi connectivity index (χ4n) is 1.81. The van der Waals surface area contributed by atoms with Gasteiger partial charge >= 0.3 is 5.97 Å². The maximum Gasteiger partial charge on any atom is 0.306 e. The van der Waals surface area contributed by atoms with Gasteiger partial charge in [0.25, 0.3) is 0 Å². The molecule has 1 atom stereocenters. The summed E-state index contributed by atoms with van der Waals surface area (Å²) in [5.41, 5.74) is 0.965. The molecule has 0 saturated carbocycles. The van der Waals surface area contributed by atoms with Gasteiger partial charge in [-0.15, -0.1) is 6.58 Å². The van der Waals surface area contributed by atoms with E-state index in [-0.39, 0.29) is 11.4 Å². The Kier molecular flexibility index (Phi) is 4.95. The fraction of sp³-hybridized carbons (Fsp3) is 0.400. The second-order valence-electron chi connectivity index (χ2n) is 4.50. The molecule has 0 bridgehead atoms. The lowest BCUT2D eigenvalue weighted by Gasteiger charge is -2.24. The first-order valence-corrected chi connectivity index (χ1v) is 5.93. The van der Waals surface area contributed by atoms with Crippen LogP contribution in [0.2, 0.25) is 0 Å². The average molecular weight is 232 g/mol. The van der Waals surface area contributed by atoms with Crippen LogP contribution >= 0.6 is 0 Å². The first-order chi connectivity index (χ1) is 8.09. The minimum Gasteiger partial charge on any atom is -0.466 e. The Bertz CT molecular complexity index is 370. The van der Waals surface area contributed by atoms with Crippen molar-refractivity contribution >= 4 is 5.97 Å². The molecule has 0 N–H and O–H groups in total. The quantitative estimate of drug-likeness (QED) is 0.555. The van der Waals surface area contributed by atoms with E-state index in [1.807, 2.05) is 38.1 Å². The monoisotopic (exact) mass is 232 g/mol. The van der Waals surface area contributed by atoms with Crippen molar-refractivity contribution in [2.24, 2.45) is 5.41 Å². The Morgan fingerprint density at radius 1 is 1.41 bits per heavy atom. The van der Waals surface area contributed by atoms with Crippen LogP contribution in [0.4, 0.5) is 0 Å². The lowest BCUT2D eigenvalue weighted by molar-refractivity contribution is -0.145. The van der Waals surface area contributed by atoms with Crippen LogP contribution in [0.5, 0.6) is 0 Å². The molecule has 0 amide bonds. The first kappa shape index (κ1) is 13.5. The van der Waals surface area contributed by atoms with Gasteiger partial charge in [-0.2, -0.15) is 0 Å². The molecule has 0 saturated heterocycles. The van der Waals surface area contributed by atoms with E-state index in [0.29, 0.717) is 13.0 Å². The molecule has 1 aromatic carbocycles. The van der Waals surface area contributed by atoms with E-state index in [9.17, 15) is 4.79 Å². The molecule has 0 aliphatic carbocycles. The minimum absolute atomic E-state index is 0.161. The fourth-order valence-corrected chi connectivity index (χ4v) is 1.81. The van der Waals surface area contributed by atoms with E-state index < -0.39 is 0 Å². The van der Waals surface area contributed by atoms with Crippen molar-refractivity contribution in [3.63, 3.8) is 0 Å². The van der Waals surface area contributed by atoms with E-state index >= 15 is 0 Å². The van der Waals surface area contributed by atoms with Crippen LogP contribution in [0, 0.1) is 5.41 Å². The topological polar surface area (TPSA) is 26.3 Å². The first-order valence-electron chi connectivity index (χ1n) is 5.93. The molecule has 0 heterocycles. The summed E-state index contributed by atoms with van der Waals surface area (Å²) < 4.78 is 4.99. The molecule has 1 aromatic rings. The van der Waals surface area contributed by atoms with E-state index in [1.54, 1.807) is 0 Å². The van der Waals surface area contributed by atoms with Crippen LogP contribution in [-0.2, 0) is 16.0 Å². The van der Waals surface area contributed by atoms with Crippen molar-refractivity contribution in [2.75, 3.05) is 6.61 Å². The number of ether oxygens (including phenoxy) is 1. The van der Waals surface area contributed by atoms with E-state index in [0.717, 1.165) is 6.42 Å². The van der Waals surface area contributed by atoms with Gasteiger partial charge in [0.15, 0.2) is 0 Å². The van der Waals surface area contributed by atoms with Crippen molar-refractivity contribution in [1.82, 2.24) is 0 Å². The van der Waals surface area contributed by atoms with Gasteiger partial charge in [0.05, 0.1) is 13.0 Å². The van der Waals surface area contributed by atoms with Crippen LogP contribution in [0.1, 0.15) is 25.8 Å². The summed E-state index contributed by atoms with van der Waals surface area (Å²) in [6.45, 7) is 8.11. The Morgan fingerprint density at radius 2 is 2.06 bits per heavy atom. The summed E-state index contributed by atoms with van der Waals surface area (Å²) in [5, 5.41) is 0. The van der Waals surface area contributed by atoms with Gasteiger partial charge in [0.2, 0.25) is 0 Å². The number of benzene rings is 1. The summed E-state index contributed by atoms with van der Waals surface area (Å²) in [4.78, 5) is 11.5. The normalized spacial score (nSPS) is 13.8. The molecular formula is C15H20O2. The van der Waals surface area contributed by atoms with Gasteiger partial charge in [0, 0.05) is 0 Å². The van der Waals surface area contributed by atoms with Gasteiger partial charge in [-0.3, -0.25) is 4.79 Å². The summed E-state index contributed by atoms with van der Waals surface area (Å²) in [6.07, 6.45) is 3.02. The molecule has 0 aromatic heterocycles. The van der Waals surface area contributed by atoms with E-state index in [1.165, 1.54) is 5.56 Å². The zero-order chi connectivity index (χ0) is 12.7. The van der Waals surface area contributed by atoms with Crippen LogP contribution in [0.15, 0.2) is 43.0 Å². The molecular weight excluding hydrogens is 212 g/mol. The van der Waals surface area contributed by atoms with Crippen molar-refractivity contribution < 1.29 is 9.53 Å². The molecule has 0 unspecified atom stereocenters. The van der Waals surface area contributed by atoms with Crippen LogP contribution in [0.25, 0.3) is 0 Å². The molecule has 1 rings (SSSR count). The Hall–Kier alpha value is -1.57. The predicted octanol–water partition coefficient (Wildman–Crippen LogP) is 3.37. The third-order valence-electron chi connectivity index (χ3n) is 2.80. The van der Waals surface area contributed by atoms with Crippen molar-refractivity contribution in [3.8, 4) is 0 Å². The summed E-state index contributed by atoms with van der Waals surface area (Å²) in [6, 6.07) is 10.1. The Labute approximate surface area is 103 Å². The standard InChI is InChI=1S/C15H20O2/c1-4-15(3,12-14(16)17-5-2)11-13-9-7-6-8-10-13/h4,6-10H,1,5,11-12H2,2-3H3/t15-/m0/s1. The van der Waals surface area contributed by atoms with Crippen LogP contribution in [0.3, 0.4) is 0 Å². The number of rotatable bonds is 6. The second kappa shape index (κ2) is 6.24. The highest BCUT2D eigenvalue weighted by atomic mass is 16.5. The second-order valence-corrected chi connectivity index (χ2v) is 4.50. The van der Waals surface area contributed by atoms with Gasteiger partial charge in [0.1, 0.15) is 0 Å². The highest BCUT2D eigenvalue weighted by Crippen LogP contribution is 2.28. The van der Waals surface area contributed by atoms with Gasteiger partial charge < -0.3 is 4.74 Å². The van der Waals surface area contributed by atoms with Crippen molar-refractivity contribution in [1.29, 1.82) is 0 Å².